The second kappa shape index (κ2) is 16.1. The van der Waals surface area contributed by atoms with Crippen LogP contribution in [-0.2, 0) is 28.8 Å². The lowest BCUT2D eigenvalue weighted by atomic mass is 10.1. The molecular formula is C18H31N5O8S2. The summed E-state index contributed by atoms with van der Waals surface area (Å²) in [5.74, 6) is -5.46. The molecule has 0 bridgehead atoms. The van der Waals surface area contributed by atoms with Crippen molar-refractivity contribution in [2.24, 2.45) is 11.5 Å². The van der Waals surface area contributed by atoms with Crippen LogP contribution in [0.5, 0.6) is 0 Å². The fraction of sp³-hybridized carbons (Fsp3) is 0.667. The van der Waals surface area contributed by atoms with E-state index in [2.05, 4.69) is 28.6 Å². The predicted molar refractivity (Wildman–Crippen MR) is 124 cm³/mol. The van der Waals surface area contributed by atoms with E-state index in [0.29, 0.717) is 12.2 Å². The second-order valence-electron chi connectivity index (χ2n) is 7.03. The van der Waals surface area contributed by atoms with Crippen LogP contribution in [-0.4, -0.2) is 87.7 Å². The molecule has 4 amide bonds. The summed E-state index contributed by atoms with van der Waals surface area (Å²) in [6.45, 7) is 0. The van der Waals surface area contributed by atoms with Crippen LogP contribution in [0.1, 0.15) is 32.1 Å². The number of carboxylic acid groups (broad SMARTS) is 2. The van der Waals surface area contributed by atoms with Crippen molar-refractivity contribution >= 4 is 60.0 Å². The molecule has 0 aromatic heterocycles. The van der Waals surface area contributed by atoms with Crippen LogP contribution < -0.4 is 27.4 Å². The van der Waals surface area contributed by atoms with Gasteiger partial charge in [0.15, 0.2) is 0 Å². The number of carbonyl (C=O) groups excluding carboxylic acids is 4. The monoisotopic (exact) mass is 509 g/mol. The molecule has 33 heavy (non-hydrogen) atoms. The molecule has 0 heterocycles. The first-order valence-electron chi connectivity index (χ1n) is 9.92. The van der Waals surface area contributed by atoms with E-state index in [0.717, 1.165) is 0 Å². The number of amides is 4. The Kier molecular flexibility index (Phi) is 14.9. The number of rotatable bonds is 17. The average Bonchev–Trinajstić information content (AvgIpc) is 2.74. The van der Waals surface area contributed by atoms with Crippen molar-refractivity contribution in [2.45, 2.75) is 56.3 Å². The van der Waals surface area contributed by atoms with Crippen molar-refractivity contribution in [2.75, 3.05) is 17.8 Å². The summed E-state index contributed by atoms with van der Waals surface area (Å²) in [6.07, 6.45) is 0.844. The number of hydrogen-bond donors (Lipinski definition) is 8. The van der Waals surface area contributed by atoms with Gasteiger partial charge in [-0.05, 0) is 31.3 Å². The lowest BCUT2D eigenvalue weighted by Crippen LogP contribution is -2.57. The molecular weight excluding hydrogens is 478 g/mol. The van der Waals surface area contributed by atoms with E-state index < -0.39 is 66.2 Å². The normalized spacial score (nSPS) is 14.3. The third-order valence-electron chi connectivity index (χ3n) is 4.36. The van der Waals surface area contributed by atoms with E-state index in [9.17, 15) is 28.8 Å². The molecule has 0 radical (unpaired) electrons. The summed E-state index contributed by atoms with van der Waals surface area (Å²) in [7, 11) is 0. The number of thioether (sulfide) groups is 1. The summed E-state index contributed by atoms with van der Waals surface area (Å²) in [6, 6.07) is -5.00. The summed E-state index contributed by atoms with van der Waals surface area (Å²) in [5, 5.41) is 24.9. The van der Waals surface area contributed by atoms with E-state index in [1.54, 1.807) is 0 Å². The van der Waals surface area contributed by atoms with Gasteiger partial charge >= 0.3 is 11.9 Å². The number of carboxylic acids is 2. The van der Waals surface area contributed by atoms with Crippen LogP contribution in [0.3, 0.4) is 0 Å². The van der Waals surface area contributed by atoms with Gasteiger partial charge in [-0.2, -0.15) is 24.4 Å². The maximum Gasteiger partial charge on any atom is 0.327 e. The minimum absolute atomic E-state index is 0.233. The Hall–Kier alpha value is -2.52. The van der Waals surface area contributed by atoms with E-state index in [1.165, 1.54) is 11.8 Å². The molecule has 0 aliphatic rings. The number of primary amides is 1. The van der Waals surface area contributed by atoms with Gasteiger partial charge in [-0.3, -0.25) is 24.0 Å². The molecule has 0 aromatic carbocycles. The third kappa shape index (κ3) is 12.9. The average molecular weight is 510 g/mol. The Balaban J connectivity index is 5.49. The number of aliphatic carboxylic acids is 2. The number of nitrogens with two attached hydrogens (primary N) is 2. The Bertz CT molecular complexity index is 724. The molecule has 0 rings (SSSR count). The highest BCUT2D eigenvalue weighted by molar-refractivity contribution is 7.98. The van der Waals surface area contributed by atoms with Gasteiger partial charge in [-0.25, -0.2) is 4.79 Å². The Morgan fingerprint density at radius 2 is 1.33 bits per heavy atom. The number of hydrogen-bond acceptors (Lipinski definition) is 9. The molecule has 13 nitrogen and oxygen atoms in total. The van der Waals surface area contributed by atoms with Gasteiger partial charge in [-0.15, -0.1) is 0 Å². The molecule has 0 aromatic rings. The van der Waals surface area contributed by atoms with E-state index in [1.807, 2.05) is 6.26 Å². The topological polar surface area (TPSA) is 231 Å². The standard InChI is InChI=1S/C18H31N5O8S2/c1-33-7-6-9(19)15(27)21-11(3-5-14(25)26)16(28)22-10(2-4-13(20)24)17(29)23-12(8-32)18(30)31/h9-12,32H,2-8,19H2,1H3,(H2,20,24)(H,21,27)(H,22,28)(H,23,29)(H,25,26)(H,30,31). The SMILES string of the molecule is CSCCC(N)C(=O)NC(CCC(=O)O)C(=O)NC(CCC(N)=O)C(=O)NC(CS)C(=O)O. The zero-order valence-electron chi connectivity index (χ0n) is 18.1. The number of carbonyl (C=O) groups is 6. The molecule has 0 saturated carbocycles. The molecule has 15 heteroatoms. The highest BCUT2D eigenvalue weighted by atomic mass is 32.2. The minimum Gasteiger partial charge on any atom is -0.481 e. The molecule has 0 aliphatic heterocycles. The molecule has 4 unspecified atom stereocenters. The third-order valence-corrected chi connectivity index (χ3v) is 5.37. The smallest absolute Gasteiger partial charge is 0.327 e. The number of thiol groups is 1. The van der Waals surface area contributed by atoms with Crippen LogP contribution >= 0.6 is 24.4 Å². The molecule has 0 fully saturated rings. The Morgan fingerprint density at radius 1 is 0.848 bits per heavy atom. The first-order chi connectivity index (χ1) is 15.4. The Labute approximate surface area is 200 Å². The first-order valence-corrected chi connectivity index (χ1v) is 11.9. The summed E-state index contributed by atoms with van der Waals surface area (Å²) in [5.41, 5.74) is 10.9. The van der Waals surface area contributed by atoms with E-state index in [4.69, 9.17) is 21.7 Å². The quantitative estimate of drug-likeness (QED) is 0.0974. The van der Waals surface area contributed by atoms with Crippen molar-refractivity contribution in [1.29, 1.82) is 0 Å². The van der Waals surface area contributed by atoms with Crippen LogP contribution in [0, 0.1) is 0 Å². The number of nitrogens with one attached hydrogen (secondary N) is 3. The molecule has 188 valence electrons. The minimum atomic E-state index is -1.37. The predicted octanol–water partition coefficient (Wildman–Crippen LogP) is -2.33. The lowest BCUT2D eigenvalue weighted by Gasteiger charge is -2.24. The fourth-order valence-corrected chi connectivity index (χ4v) is 3.21. The second-order valence-corrected chi connectivity index (χ2v) is 8.38. The summed E-state index contributed by atoms with van der Waals surface area (Å²) >= 11 is 5.31. The zero-order chi connectivity index (χ0) is 25.6. The van der Waals surface area contributed by atoms with Gasteiger partial charge in [0.25, 0.3) is 0 Å². The highest BCUT2D eigenvalue weighted by Gasteiger charge is 2.30. The van der Waals surface area contributed by atoms with E-state index >= 15 is 0 Å². The van der Waals surface area contributed by atoms with Crippen molar-refractivity contribution in [3.63, 3.8) is 0 Å². The highest BCUT2D eigenvalue weighted by Crippen LogP contribution is 2.05. The van der Waals surface area contributed by atoms with Crippen LogP contribution in [0.15, 0.2) is 0 Å². The molecule has 0 spiro atoms. The van der Waals surface area contributed by atoms with Gasteiger partial charge in [-0.1, -0.05) is 0 Å². The summed E-state index contributed by atoms with van der Waals surface area (Å²) in [4.78, 5) is 70.9. The molecule has 4 atom stereocenters. The van der Waals surface area contributed by atoms with Crippen molar-refractivity contribution in [1.82, 2.24) is 16.0 Å². The van der Waals surface area contributed by atoms with Crippen molar-refractivity contribution in [3.05, 3.63) is 0 Å². The fourth-order valence-electron chi connectivity index (χ4n) is 2.48. The van der Waals surface area contributed by atoms with Gasteiger partial charge in [0, 0.05) is 18.6 Å². The maximum absolute atomic E-state index is 12.8. The van der Waals surface area contributed by atoms with E-state index in [-0.39, 0.29) is 25.0 Å². The van der Waals surface area contributed by atoms with Gasteiger partial charge < -0.3 is 37.6 Å². The van der Waals surface area contributed by atoms with Gasteiger partial charge in [0.1, 0.15) is 18.1 Å². The van der Waals surface area contributed by atoms with Crippen LogP contribution in [0.4, 0.5) is 0 Å². The Morgan fingerprint density at radius 3 is 1.76 bits per heavy atom. The van der Waals surface area contributed by atoms with Crippen molar-refractivity contribution in [3.8, 4) is 0 Å². The largest absolute Gasteiger partial charge is 0.481 e. The zero-order valence-corrected chi connectivity index (χ0v) is 19.8. The van der Waals surface area contributed by atoms with Gasteiger partial charge in [0.2, 0.25) is 23.6 Å². The molecule has 9 N–H and O–H groups in total. The van der Waals surface area contributed by atoms with Crippen LogP contribution in [0.25, 0.3) is 0 Å². The first kappa shape index (κ1) is 30.5. The molecule has 0 saturated heterocycles. The van der Waals surface area contributed by atoms with Crippen molar-refractivity contribution < 1.29 is 39.0 Å². The lowest BCUT2D eigenvalue weighted by molar-refractivity contribution is -0.141. The summed E-state index contributed by atoms with van der Waals surface area (Å²) < 4.78 is 0. The molecule has 0 aliphatic carbocycles. The van der Waals surface area contributed by atoms with Gasteiger partial charge in [0.05, 0.1) is 6.04 Å². The maximum atomic E-state index is 12.8. The van der Waals surface area contributed by atoms with Crippen LogP contribution in [0.2, 0.25) is 0 Å².